The molecular weight excluding hydrogens is 349 g/mol. The first-order valence-electron chi connectivity index (χ1n) is 7.50. The van der Waals surface area contributed by atoms with E-state index in [9.17, 15) is 0 Å². The fourth-order valence-electron chi connectivity index (χ4n) is 2.84. The highest BCUT2D eigenvalue weighted by Crippen LogP contribution is 2.36. The van der Waals surface area contributed by atoms with E-state index in [4.69, 9.17) is 4.98 Å². The lowest BCUT2D eigenvalue weighted by Crippen LogP contribution is -2.17. The van der Waals surface area contributed by atoms with Gasteiger partial charge in [0.2, 0.25) is 0 Å². The van der Waals surface area contributed by atoms with Crippen LogP contribution in [0.1, 0.15) is 64.1 Å². The summed E-state index contributed by atoms with van der Waals surface area (Å²) in [7, 11) is 0. The maximum absolute atomic E-state index is 4.77. The number of aromatic nitrogens is 2. The van der Waals surface area contributed by atoms with Crippen molar-refractivity contribution in [2.24, 2.45) is 5.92 Å². The minimum Gasteiger partial charge on any atom is -0.369 e. The third-order valence-corrected chi connectivity index (χ3v) is 4.82. The van der Waals surface area contributed by atoms with Crippen LogP contribution in [0.15, 0.2) is 6.20 Å². The lowest BCUT2D eigenvalue weighted by molar-refractivity contribution is 0.307. The number of hydrogen-bond donors (Lipinski definition) is 1. The molecule has 1 heterocycles. The van der Waals surface area contributed by atoms with Crippen molar-refractivity contribution in [1.29, 1.82) is 0 Å². The molecule has 2 unspecified atom stereocenters. The Balaban J connectivity index is 2.10. The van der Waals surface area contributed by atoms with Crippen LogP contribution in [0.4, 0.5) is 5.82 Å². The predicted octanol–water partition coefficient (Wildman–Crippen LogP) is 4.59. The second-order valence-electron chi connectivity index (χ2n) is 5.49. The molecule has 1 N–H and O–H groups in total. The SMILES string of the molecule is CCCNc1nc(C2CCCC(CC)C2)ncc1I. The van der Waals surface area contributed by atoms with Crippen molar-refractivity contribution in [1.82, 2.24) is 9.97 Å². The normalized spacial score (nSPS) is 23.3. The Morgan fingerprint density at radius 1 is 1.37 bits per heavy atom. The average molecular weight is 373 g/mol. The number of nitrogens with one attached hydrogen (secondary N) is 1. The second-order valence-corrected chi connectivity index (χ2v) is 6.65. The van der Waals surface area contributed by atoms with Gasteiger partial charge >= 0.3 is 0 Å². The Bertz CT molecular complexity index is 408. The van der Waals surface area contributed by atoms with E-state index in [0.29, 0.717) is 5.92 Å². The molecule has 1 aliphatic rings. The molecule has 1 saturated carbocycles. The molecule has 3 nitrogen and oxygen atoms in total. The van der Waals surface area contributed by atoms with Crippen LogP contribution in [0.25, 0.3) is 0 Å². The summed E-state index contributed by atoms with van der Waals surface area (Å²) in [6.45, 7) is 5.46. The smallest absolute Gasteiger partial charge is 0.143 e. The molecule has 0 amide bonds. The third-order valence-electron chi connectivity index (χ3n) is 4.03. The van der Waals surface area contributed by atoms with E-state index < -0.39 is 0 Å². The molecule has 1 fully saturated rings. The molecule has 0 spiro atoms. The van der Waals surface area contributed by atoms with Crippen LogP contribution in [0.5, 0.6) is 0 Å². The van der Waals surface area contributed by atoms with Crippen LogP contribution < -0.4 is 5.32 Å². The van der Waals surface area contributed by atoms with Crippen LogP contribution >= 0.6 is 22.6 Å². The monoisotopic (exact) mass is 373 g/mol. The lowest BCUT2D eigenvalue weighted by Gasteiger charge is -2.27. The zero-order valence-electron chi connectivity index (χ0n) is 12.0. The number of hydrogen-bond acceptors (Lipinski definition) is 3. The quantitative estimate of drug-likeness (QED) is 0.768. The summed E-state index contributed by atoms with van der Waals surface area (Å²) in [4.78, 5) is 9.35. The van der Waals surface area contributed by atoms with E-state index in [1.165, 1.54) is 32.1 Å². The van der Waals surface area contributed by atoms with Gasteiger partial charge in [0.25, 0.3) is 0 Å². The van der Waals surface area contributed by atoms with Gasteiger partial charge < -0.3 is 5.32 Å². The number of nitrogens with zero attached hydrogens (tertiary/aromatic N) is 2. The molecule has 0 aromatic carbocycles. The van der Waals surface area contributed by atoms with Crippen molar-refractivity contribution in [2.45, 2.75) is 58.3 Å². The standard InChI is InChI=1S/C15H24IN3/c1-3-8-17-15-13(16)10-18-14(19-15)12-7-5-6-11(4-2)9-12/h10-12H,3-9H2,1-2H3,(H,17,18,19). The van der Waals surface area contributed by atoms with Gasteiger partial charge in [0.15, 0.2) is 0 Å². The molecule has 0 bridgehead atoms. The number of halogens is 1. The largest absolute Gasteiger partial charge is 0.369 e. The fraction of sp³-hybridized carbons (Fsp3) is 0.733. The summed E-state index contributed by atoms with van der Waals surface area (Å²) in [5.74, 6) is 3.51. The van der Waals surface area contributed by atoms with Gasteiger partial charge in [-0.1, -0.05) is 33.1 Å². The van der Waals surface area contributed by atoms with Gasteiger partial charge in [0, 0.05) is 18.7 Å². The zero-order valence-corrected chi connectivity index (χ0v) is 14.1. The Kier molecular flexibility index (Phi) is 5.85. The zero-order chi connectivity index (χ0) is 13.7. The first-order chi connectivity index (χ1) is 9.24. The Labute approximate surface area is 130 Å². The van der Waals surface area contributed by atoms with Crippen molar-refractivity contribution in [3.05, 3.63) is 15.6 Å². The van der Waals surface area contributed by atoms with Gasteiger partial charge in [-0.3, -0.25) is 0 Å². The minimum absolute atomic E-state index is 0.567. The number of rotatable bonds is 5. The average Bonchev–Trinajstić information content (AvgIpc) is 2.46. The molecular formula is C15H24IN3. The Morgan fingerprint density at radius 2 is 2.21 bits per heavy atom. The molecule has 19 heavy (non-hydrogen) atoms. The highest BCUT2D eigenvalue weighted by Gasteiger charge is 2.24. The predicted molar refractivity (Wildman–Crippen MR) is 88.5 cm³/mol. The number of anilines is 1. The molecule has 2 rings (SSSR count). The van der Waals surface area contributed by atoms with E-state index in [1.807, 2.05) is 6.20 Å². The highest BCUT2D eigenvalue weighted by atomic mass is 127. The maximum atomic E-state index is 4.77. The molecule has 0 radical (unpaired) electrons. The first-order valence-corrected chi connectivity index (χ1v) is 8.58. The summed E-state index contributed by atoms with van der Waals surface area (Å²) >= 11 is 2.31. The van der Waals surface area contributed by atoms with Crippen LogP contribution in [0.2, 0.25) is 0 Å². The first kappa shape index (κ1) is 15.0. The highest BCUT2D eigenvalue weighted by molar-refractivity contribution is 14.1. The molecule has 1 aromatic rings. The van der Waals surface area contributed by atoms with Gasteiger partial charge in [-0.05, 0) is 47.8 Å². The van der Waals surface area contributed by atoms with E-state index in [-0.39, 0.29) is 0 Å². The van der Waals surface area contributed by atoms with E-state index in [0.717, 1.165) is 34.1 Å². The van der Waals surface area contributed by atoms with Crippen molar-refractivity contribution in [3.8, 4) is 0 Å². The Hall–Kier alpha value is -0.390. The topological polar surface area (TPSA) is 37.8 Å². The van der Waals surface area contributed by atoms with E-state index in [1.54, 1.807) is 0 Å². The summed E-state index contributed by atoms with van der Waals surface area (Å²) in [6, 6.07) is 0. The van der Waals surface area contributed by atoms with Crippen LogP contribution in [-0.2, 0) is 0 Å². The summed E-state index contributed by atoms with van der Waals surface area (Å²) in [6.07, 6.45) is 9.62. The van der Waals surface area contributed by atoms with E-state index >= 15 is 0 Å². The maximum Gasteiger partial charge on any atom is 0.143 e. The minimum atomic E-state index is 0.567. The molecule has 106 valence electrons. The van der Waals surface area contributed by atoms with Gasteiger partial charge in [-0.15, -0.1) is 0 Å². The second kappa shape index (κ2) is 7.41. The molecule has 1 aliphatic carbocycles. The summed E-state index contributed by atoms with van der Waals surface area (Å²) < 4.78 is 1.12. The fourth-order valence-corrected chi connectivity index (χ4v) is 3.29. The van der Waals surface area contributed by atoms with Crippen molar-refractivity contribution in [2.75, 3.05) is 11.9 Å². The molecule has 1 aromatic heterocycles. The third kappa shape index (κ3) is 4.04. The van der Waals surface area contributed by atoms with Gasteiger partial charge in [-0.2, -0.15) is 0 Å². The Morgan fingerprint density at radius 3 is 2.95 bits per heavy atom. The van der Waals surface area contributed by atoms with Crippen LogP contribution in [-0.4, -0.2) is 16.5 Å². The van der Waals surface area contributed by atoms with Crippen molar-refractivity contribution < 1.29 is 0 Å². The van der Waals surface area contributed by atoms with Gasteiger partial charge in [-0.25, -0.2) is 9.97 Å². The summed E-state index contributed by atoms with van der Waals surface area (Å²) in [5.41, 5.74) is 0. The molecule has 0 aliphatic heterocycles. The van der Waals surface area contributed by atoms with E-state index in [2.05, 4.69) is 46.7 Å². The van der Waals surface area contributed by atoms with Gasteiger partial charge in [0.05, 0.1) is 3.57 Å². The van der Waals surface area contributed by atoms with Gasteiger partial charge in [0.1, 0.15) is 11.6 Å². The molecule has 4 heteroatoms. The molecule has 0 saturated heterocycles. The summed E-state index contributed by atoms with van der Waals surface area (Å²) in [5, 5.41) is 3.41. The van der Waals surface area contributed by atoms with Crippen molar-refractivity contribution in [3.63, 3.8) is 0 Å². The molecule has 2 atom stereocenters. The van der Waals surface area contributed by atoms with Crippen molar-refractivity contribution >= 4 is 28.4 Å². The van der Waals surface area contributed by atoms with Crippen LogP contribution in [0.3, 0.4) is 0 Å². The van der Waals surface area contributed by atoms with Crippen LogP contribution in [0, 0.1) is 9.49 Å². The lowest BCUT2D eigenvalue weighted by atomic mass is 9.80.